The van der Waals surface area contributed by atoms with Gasteiger partial charge in [-0.25, -0.2) is 4.68 Å². The zero-order valence-corrected chi connectivity index (χ0v) is 11.0. The van der Waals surface area contributed by atoms with Crippen molar-refractivity contribution >= 4 is 0 Å². The van der Waals surface area contributed by atoms with Crippen LogP contribution < -0.4 is 0 Å². The number of tetrazole rings is 1. The van der Waals surface area contributed by atoms with Crippen LogP contribution in [-0.4, -0.2) is 20.2 Å². The van der Waals surface area contributed by atoms with E-state index >= 15 is 0 Å². The van der Waals surface area contributed by atoms with Crippen LogP contribution in [0, 0.1) is 6.92 Å². The van der Waals surface area contributed by atoms with Crippen LogP contribution in [0.5, 0.6) is 0 Å². The van der Waals surface area contributed by atoms with Crippen LogP contribution in [-0.2, 0) is 12.5 Å². The van der Waals surface area contributed by atoms with Gasteiger partial charge in [0.25, 0.3) is 0 Å². The number of rotatable bonds is 1. The molecule has 90 valence electrons. The van der Waals surface area contributed by atoms with Crippen molar-refractivity contribution in [2.24, 2.45) is 7.05 Å². The molecule has 0 aliphatic heterocycles. The van der Waals surface area contributed by atoms with Crippen molar-refractivity contribution in [3.63, 3.8) is 0 Å². The second-order valence-corrected chi connectivity index (χ2v) is 5.35. The maximum absolute atomic E-state index is 4.07. The van der Waals surface area contributed by atoms with Crippen molar-refractivity contribution in [3.8, 4) is 11.4 Å². The summed E-state index contributed by atoms with van der Waals surface area (Å²) in [5.74, 6) is 0.814. The fraction of sp³-hybridized carbons (Fsp3) is 0.462. The molecule has 0 spiro atoms. The fourth-order valence-electron chi connectivity index (χ4n) is 2.15. The number of nitrogens with zero attached hydrogens (tertiary/aromatic N) is 4. The van der Waals surface area contributed by atoms with Crippen molar-refractivity contribution < 1.29 is 0 Å². The summed E-state index contributed by atoms with van der Waals surface area (Å²) in [6.45, 7) is 8.78. The van der Waals surface area contributed by atoms with E-state index in [-0.39, 0.29) is 5.41 Å². The average molecular weight is 230 g/mol. The monoisotopic (exact) mass is 230 g/mol. The molecule has 17 heavy (non-hydrogen) atoms. The third-order valence-corrected chi connectivity index (χ3v) is 3.00. The molecule has 0 saturated carbocycles. The molecular weight excluding hydrogens is 212 g/mol. The van der Waals surface area contributed by atoms with Crippen LogP contribution in [0.15, 0.2) is 18.2 Å². The number of aromatic nitrogens is 4. The first-order valence-corrected chi connectivity index (χ1v) is 5.74. The zero-order valence-electron chi connectivity index (χ0n) is 11.0. The molecule has 4 heteroatoms. The Morgan fingerprint density at radius 3 is 2.41 bits per heavy atom. The molecule has 0 aliphatic rings. The highest BCUT2D eigenvalue weighted by Gasteiger charge is 2.19. The molecule has 0 aliphatic carbocycles. The fourth-order valence-corrected chi connectivity index (χ4v) is 2.15. The van der Waals surface area contributed by atoms with E-state index in [1.165, 1.54) is 11.1 Å². The Bertz CT molecular complexity index is 535. The van der Waals surface area contributed by atoms with Crippen molar-refractivity contribution in [2.75, 3.05) is 0 Å². The Balaban J connectivity index is 2.62. The van der Waals surface area contributed by atoms with Crippen molar-refractivity contribution in [1.29, 1.82) is 0 Å². The third-order valence-electron chi connectivity index (χ3n) is 3.00. The molecule has 4 nitrogen and oxygen atoms in total. The van der Waals surface area contributed by atoms with Crippen LogP contribution in [0.4, 0.5) is 0 Å². The predicted molar refractivity (Wildman–Crippen MR) is 67.7 cm³/mol. The van der Waals surface area contributed by atoms with Gasteiger partial charge in [-0.1, -0.05) is 39.0 Å². The molecule has 1 heterocycles. The van der Waals surface area contributed by atoms with Gasteiger partial charge in [-0.3, -0.25) is 0 Å². The van der Waals surface area contributed by atoms with E-state index in [4.69, 9.17) is 0 Å². The number of hydrogen-bond acceptors (Lipinski definition) is 3. The largest absolute Gasteiger partial charge is 0.229 e. The normalized spacial score (nSPS) is 11.8. The summed E-state index contributed by atoms with van der Waals surface area (Å²) in [5.41, 5.74) is 3.81. The molecule has 2 rings (SSSR count). The molecule has 0 atom stereocenters. The van der Waals surface area contributed by atoms with Gasteiger partial charge in [0.1, 0.15) is 0 Å². The van der Waals surface area contributed by atoms with E-state index in [1.807, 2.05) is 7.05 Å². The van der Waals surface area contributed by atoms with E-state index in [0.29, 0.717) is 0 Å². The van der Waals surface area contributed by atoms with Crippen molar-refractivity contribution in [2.45, 2.75) is 33.1 Å². The lowest BCUT2D eigenvalue weighted by atomic mass is 9.82. The number of hydrogen-bond donors (Lipinski definition) is 0. The molecule has 0 amide bonds. The number of benzene rings is 1. The molecule has 1 aromatic carbocycles. The second-order valence-electron chi connectivity index (χ2n) is 5.35. The molecule has 2 aromatic rings. The maximum Gasteiger partial charge on any atom is 0.182 e. The van der Waals surface area contributed by atoms with E-state index in [0.717, 1.165) is 11.4 Å². The van der Waals surface area contributed by atoms with Crippen LogP contribution in [0.1, 0.15) is 31.9 Å². The first-order chi connectivity index (χ1) is 7.91. The molecule has 0 bridgehead atoms. The highest BCUT2D eigenvalue weighted by Crippen LogP contribution is 2.31. The van der Waals surface area contributed by atoms with Gasteiger partial charge >= 0.3 is 0 Å². The van der Waals surface area contributed by atoms with Gasteiger partial charge in [0.15, 0.2) is 5.82 Å². The molecule has 0 unspecified atom stereocenters. The topological polar surface area (TPSA) is 43.6 Å². The van der Waals surface area contributed by atoms with Gasteiger partial charge in [-0.2, -0.15) is 0 Å². The Morgan fingerprint density at radius 1 is 1.18 bits per heavy atom. The van der Waals surface area contributed by atoms with E-state index in [2.05, 4.69) is 61.4 Å². The van der Waals surface area contributed by atoms with E-state index in [9.17, 15) is 0 Å². The Hall–Kier alpha value is -1.71. The summed E-state index contributed by atoms with van der Waals surface area (Å²) in [7, 11) is 1.86. The Labute approximate surface area is 102 Å². The zero-order chi connectivity index (χ0) is 12.6. The van der Waals surface area contributed by atoms with Gasteiger partial charge in [0.05, 0.1) is 0 Å². The van der Waals surface area contributed by atoms with Crippen LogP contribution in [0.2, 0.25) is 0 Å². The lowest BCUT2D eigenvalue weighted by molar-refractivity contribution is 0.586. The molecule has 0 radical (unpaired) electrons. The van der Waals surface area contributed by atoms with Crippen molar-refractivity contribution in [1.82, 2.24) is 20.2 Å². The summed E-state index contributed by atoms with van der Waals surface area (Å²) in [4.78, 5) is 0. The summed E-state index contributed by atoms with van der Waals surface area (Å²) in [6, 6.07) is 6.30. The predicted octanol–water partition coefficient (Wildman–Crippen LogP) is 2.48. The summed E-state index contributed by atoms with van der Waals surface area (Å²) in [5, 5.41) is 11.6. The SMILES string of the molecule is Cc1c(-c2nnnn2C)cccc1C(C)(C)C. The summed E-state index contributed by atoms with van der Waals surface area (Å²) in [6.07, 6.45) is 0. The van der Waals surface area contributed by atoms with Crippen molar-refractivity contribution in [3.05, 3.63) is 29.3 Å². The maximum atomic E-state index is 4.07. The van der Waals surface area contributed by atoms with E-state index in [1.54, 1.807) is 4.68 Å². The molecule has 0 saturated heterocycles. The Morgan fingerprint density at radius 2 is 1.88 bits per heavy atom. The van der Waals surface area contributed by atoms with E-state index < -0.39 is 0 Å². The lowest BCUT2D eigenvalue weighted by Crippen LogP contribution is -2.13. The van der Waals surface area contributed by atoms with Gasteiger partial charge in [-0.15, -0.1) is 5.10 Å². The van der Waals surface area contributed by atoms with Gasteiger partial charge in [0, 0.05) is 12.6 Å². The molecular formula is C13H18N4. The van der Waals surface area contributed by atoms with Crippen LogP contribution >= 0.6 is 0 Å². The minimum Gasteiger partial charge on any atom is -0.229 e. The first-order valence-electron chi connectivity index (χ1n) is 5.74. The van der Waals surface area contributed by atoms with Gasteiger partial charge in [-0.05, 0) is 33.9 Å². The third kappa shape index (κ3) is 2.07. The lowest BCUT2D eigenvalue weighted by Gasteiger charge is -2.23. The standard InChI is InChI=1S/C13H18N4/c1-9-10(12-14-15-16-17(12)5)7-6-8-11(9)13(2,3)4/h6-8H,1-5H3. The molecule has 0 fully saturated rings. The first kappa shape index (κ1) is 11.8. The Kier molecular flexibility index (Phi) is 2.73. The quantitative estimate of drug-likeness (QED) is 0.756. The molecule has 1 aromatic heterocycles. The average Bonchev–Trinajstić information content (AvgIpc) is 2.63. The summed E-state index contributed by atoms with van der Waals surface area (Å²) >= 11 is 0. The highest BCUT2D eigenvalue weighted by molar-refractivity contribution is 5.62. The van der Waals surface area contributed by atoms with Crippen LogP contribution in [0.3, 0.4) is 0 Å². The minimum absolute atomic E-state index is 0.131. The number of aryl methyl sites for hydroxylation is 1. The smallest absolute Gasteiger partial charge is 0.182 e. The second kappa shape index (κ2) is 3.95. The van der Waals surface area contributed by atoms with Gasteiger partial charge < -0.3 is 0 Å². The highest BCUT2D eigenvalue weighted by atomic mass is 15.5. The minimum atomic E-state index is 0.131. The van der Waals surface area contributed by atoms with Crippen LogP contribution in [0.25, 0.3) is 11.4 Å². The summed E-state index contributed by atoms with van der Waals surface area (Å²) < 4.78 is 1.70. The molecule has 0 N–H and O–H groups in total. The van der Waals surface area contributed by atoms with Gasteiger partial charge in [0.2, 0.25) is 0 Å².